The quantitative estimate of drug-likeness (QED) is 0.751. The van der Waals surface area contributed by atoms with Gasteiger partial charge in [0.2, 0.25) is 0 Å². The summed E-state index contributed by atoms with van der Waals surface area (Å²) in [5.41, 5.74) is 0.473. The van der Waals surface area contributed by atoms with E-state index in [2.05, 4.69) is 16.0 Å². The van der Waals surface area contributed by atoms with Crippen molar-refractivity contribution in [1.29, 1.82) is 5.26 Å². The number of methoxy groups -OCH3 is 1. The highest BCUT2D eigenvalue weighted by Crippen LogP contribution is 2.30. The van der Waals surface area contributed by atoms with E-state index in [-0.39, 0.29) is 0 Å². The Hall–Kier alpha value is -1.60. The number of aromatic nitrogens is 1. The van der Waals surface area contributed by atoms with Gasteiger partial charge in [-0.3, -0.25) is 0 Å². The molecule has 0 saturated heterocycles. The lowest BCUT2D eigenvalue weighted by atomic mass is 10.3. The van der Waals surface area contributed by atoms with E-state index >= 15 is 0 Å². The van der Waals surface area contributed by atoms with Crippen LogP contribution >= 0.6 is 0 Å². The summed E-state index contributed by atoms with van der Waals surface area (Å²) in [7, 11) is 1.70. The molecule has 0 radical (unpaired) electrons. The van der Waals surface area contributed by atoms with E-state index in [9.17, 15) is 0 Å². The molecule has 0 N–H and O–H groups in total. The third kappa shape index (κ3) is 2.50. The van der Waals surface area contributed by atoms with E-state index in [1.54, 1.807) is 13.2 Å². The molecular weight excluding hydrogens is 202 g/mol. The third-order valence-corrected chi connectivity index (χ3v) is 2.67. The summed E-state index contributed by atoms with van der Waals surface area (Å²) in [6, 6.07) is 8.21. The zero-order chi connectivity index (χ0) is 11.4. The molecule has 0 amide bonds. The SMILES string of the molecule is COCCN(c1cccc(C#N)n1)C1CC1. The van der Waals surface area contributed by atoms with Crippen molar-refractivity contribution in [2.24, 2.45) is 0 Å². The van der Waals surface area contributed by atoms with Crippen LogP contribution in [0.25, 0.3) is 0 Å². The van der Waals surface area contributed by atoms with Gasteiger partial charge < -0.3 is 9.64 Å². The number of ether oxygens (including phenoxy) is 1. The Kier molecular flexibility index (Phi) is 3.37. The minimum absolute atomic E-state index is 0.473. The molecule has 0 unspecified atom stereocenters. The van der Waals surface area contributed by atoms with E-state index < -0.39 is 0 Å². The molecule has 0 aliphatic heterocycles. The van der Waals surface area contributed by atoms with Crippen molar-refractivity contribution in [3.63, 3.8) is 0 Å². The summed E-state index contributed by atoms with van der Waals surface area (Å²) >= 11 is 0. The second-order valence-electron chi connectivity index (χ2n) is 3.91. The Morgan fingerprint density at radius 1 is 1.56 bits per heavy atom. The number of hydrogen-bond donors (Lipinski definition) is 0. The highest BCUT2D eigenvalue weighted by atomic mass is 16.5. The minimum atomic E-state index is 0.473. The first kappa shape index (κ1) is 10.9. The van der Waals surface area contributed by atoms with E-state index in [0.717, 1.165) is 12.4 Å². The first-order valence-corrected chi connectivity index (χ1v) is 5.48. The van der Waals surface area contributed by atoms with Crippen molar-refractivity contribution in [1.82, 2.24) is 4.98 Å². The van der Waals surface area contributed by atoms with Gasteiger partial charge in [0.1, 0.15) is 17.6 Å². The highest BCUT2D eigenvalue weighted by Gasteiger charge is 2.29. The molecule has 0 aromatic carbocycles. The molecule has 4 heteroatoms. The van der Waals surface area contributed by atoms with Crippen molar-refractivity contribution < 1.29 is 4.74 Å². The van der Waals surface area contributed by atoms with Crippen LogP contribution in [0.5, 0.6) is 0 Å². The number of rotatable bonds is 5. The predicted octanol–water partition coefficient (Wildman–Crippen LogP) is 1.57. The molecule has 84 valence electrons. The maximum atomic E-state index is 8.82. The lowest BCUT2D eigenvalue weighted by molar-refractivity contribution is 0.204. The maximum absolute atomic E-state index is 8.82. The van der Waals surface area contributed by atoms with E-state index in [0.29, 0.717) is 18.3 Å². The van der Waals surface area contributed by atoms with Crippen LogP contribution in [-0.2, 0) is 4.74 Å². The second kappa shape index (κ2) is 4.95. The molecule has 0 atom stereocenters. The van der Waals surface area contributed by atoms with Gasteiger partial charge in [-0.1, -0.05) is 6.07 Å². The van der Waals surface area contributed by atoms with Gasteiger partial charge in [-0.2, -0.15) is 5.26 Å². The van der Waals surface area contributed by atoms with Crippen molar-refractivity contribution in [3.05, 3.63) is 23.9 Å². The summed E-state index contributed by atoms with van der Waals surface area (Å²) in [6.07, 6.45) is 2.42. The predicted molar refractivity (Wildman–Crippen MR) is 61.2 cm³/mol. The fraction of sp³-hybridized carbons (Fsp3) is 0.500. The van der Waals surface area contributed by atoms with Crippen LogP contribution in [0.3, 0.4) is 0 Å². The summed E-state index contributed by atoms with van der Waals surface area (Å²) < 4.78 is 5.09. The van der Waals surface area contributed by atoms with Crippen LogP contribution < -0.4 is 4.90 Å². The van der Waals surface area contributed by atoms with Crippen molar-refractivity contribution >= 4 is 5.82 Å². The average molecular weight is 217 g/mol. The molecule has 0 spiro atoms. The summed E-state index contributed by atoms with van der Waals surface area (Å²) in [4.78, 5) is 6.54. The fourth-order valence-electron chi connectivity index (χ4n) is 1.71. The molecule has 0 bridgehead atoms. The number of anilines is 1. The molecule has 2 rings (SSSR count). The summed E-state index contributed by atoms with van der Waals surface area (Å²) in [5, 5.41) is 8.82. The topological polar surface area (TPSA) is 49.1 Å². The largest absolute Gasteiger partial charge is 0.383 e. The number of nitriles is 1. The van der Waals surface area contributed by atoms with Gasteiger partial charge in [-0.15, -0.1) is 0 Å². The van der Waals surface area contributed by atoms with Crippen LogP contribution in [0, 0.1) is 11.3 Å². The van der Waals surface area contributed by atoms with Crippen LogP contribution in [-0.4, -0.2) is 31.3 Å². The van der Waals surface area contributed by atoms with Crippen LogP contribution in [0.4, 0.5) is 5.82 Å². The van der Waals surface area contributed by atoms with Gasteiger partial charge in [0.25, 0.3) is 0 Å². The molecule has 4 nitrogen and oxygen atoms in total. The molecule has 1 fully saturated rings. The van der Waals surface area contributed by atoms with Gasteiger partial charge in [0, 0.05) is 19.7 Å². The lowest BCUT2D eigenvalue weighted by Crippen LogP contribution is -2.30. The number of hydrogen-bond acceptors (Lipinski definition) is 4. The van der Waals surface area contributed by atoms with E-state index in [4.69, 9.17) is 10.00 Å². The van der Waals surface area contributed by atoms with Crippen molar-refractivity contribution in [3.8, 4) is 6.07 Å². The van der Waals surface area contributed by atoms with Gasteiger partial charge in [0.05, 0.1) is 6.61 Å². The Labute approximate surface area is 95.5 Å². The molecule has 1 saturated carbocycles. The Morgan fingerprint density at radius 3 is 3.00 bits per heavy atom. The molecule has 1 aromatic heterocycles. The Bertz CT molecular complexity index is 395. The third-order valence-electron chi connectivity index (χ3n) is 2.67. The smallest absolute Gasteiger partial charge is 0.142 e. The number of nitrogens with zero attached hydrogens (tertiary/aromatic N) is 3. The van der Waals surface area contributed by atoms with Crippen molar-refractivity contribution in [2.75, 3.05) is 25.2 Å². The maximum Gasteiger partial charge on any atom is 0.142 e. The molecule has 1 heterocycles. The van der Waals surface area contributed by atoms with Gasteiger partial charge in [-0.25, -0.2) is 4.98 Å². The zero-order valence-corrected chi connectivity index (χ0v) is 9.39. The van der Waals surface area contributed by atoms with E-state index in [1.165, 1.54) is 12.8 Å². The first-order valence-electron chi connectivity index (χ1n) is 5.48. The highest BCUT2D eigenvalue weighted by molar-refractivity contribution is 5.44. The molecule has 1 aliphatic carbocycles. The van der Waals surface area contributed by atoms with Crippen LogP contribution in [0.15, 0.2) is 18.2 Å². The molecular formula is C12H15N3O. The zero-order valence-electron chi connectivity index (χ0n) is 9.39. The fourth-order valence-corrected chi connectivity index (χ4v) is 1.71. The standard InChI is InChI=1S/C12H15N3O/c1-16-8-7-15(11-5-6-11)12-4-2-3-10(9-13)14-12/h2-4,11H,5-8H2,1H3. The molecule has 1 aromatic rings. The summed E-state index contributed by atoms with van der Waals surface area (Å²) in [6.45, 7) is 1.53. The normalized spacial score (nSPS) is 14.5. The second-order valence-corrected chi connectivity index (χ2v) is 3.91. The average Bonchev–Trinajstić information content (AvgIpc) is 3.14. The first-order chi connectivity index (χ1) is 7.85. The Morgan fingerprint density at radius 2 is 2.38 bits per heavy atom. The monoisotopic (exact) mass is 217 g/mol. The summed E-state index contributed by atoms with van der Waals surface area (Å²) in [5.74, 6) is 0.888. The van der Waals surface area contributed by atoms with Gasteiger partial charge in [-0.05, 0) is 25.0 Å². The van der Waals surface area contributed by atoms with E-state index in [1.807, 2.05) is 12.1 Å². The van der Waals surface area contributed by atoms with Crippen molar-refractivity contribution in [2.45, 2.75) is 18.9 Å². The van der Waals surface area contributed by atoms with Crippen LogP contribution in [0.1, 0.15) is 18.5 Å². The van der Waals surface area contributed by atoms with Gasteiger partial charge >= 0.3 is 0 Å². The molecule has 16 heavy (non-hydrogen) atoms. The molecule has 1 aliphatic rings. The number of pyridine rings is 1. The van der Waals surface area contributed by atoms with Gasteiger partial charge in [0.15, 0.2) is 0 Å². The Balaban J connectivity index is 2.14. The van der Waals surface area contributed by atoms with Crippen LogP contribution in [0.2, 0.25) is 0 Å². The minimum Gasteiger partial charge on any atom is -0.383 e. The lowest BCUT2D eigenvalue weighted by Gasteiger charge is -2.23.